The normalized spacial score (nSPS) is 11.5. The highest BCUT2D eigenvalue weighted by molar-refractivity contribution is 5.85. The SMILES string of the molecule is C#CCC(O)CNc1ccc(C(=O)O)nn1. The lowest BCUT2D eigenvalue weighted by molar-refractivity contribution is 0.0689. The summed E-state index contributed by atoms with van der Waals surface area (Å²) in [6.07, 6.45) is 4.60. The molecule has 1 unspecified atom stereocenters. The van der Waals surface area contributed by atoms with E-state index in [1.165, 1.54) is 12.1 Å². The predicted octanol–water partition coefficient (Wildman–Crippen LogP) is -0.0291. The number of aromatic carboxylic acids is 1. The maximum atomic E-state index is 10.5. The Hall–Kier alpha value is -2.13. The Morgan fingerprint density at radius 3 is 2.81 bits per heavy atom. The first kappa shape index (κ1) is 11.9. The number of rotatable bonds is 5. The van der Waals surface area contributed by atoms with Gasteiger partial charge in [0.15, 0.2) is 5.69 Å². The number of carbonyl (C=O) groups is 1. The Morgan fingerprint density at radius 1 is 1.56 bits per heavy atom. The molecule has 6 heteroatoms. The molecule has 0 aliphatic rings. The molecule has 0 radical (unpaired) electrons. The number of nitrogens with zero attached hydrogens (tertiary/aromatic N) is 2. The zero-order valence-electron chi connectivity index (χ0n) is 8.42. The molecular weight excluding hydrogens is 210 g/mol. The fourth-order valence-corrected chi connectivity index (χ4v) is 0.971. The summed E-state index contributed by atoms with van der Waals surface area (Å²) in [7, 11) is 0. The monoisotopic (exact) mass is 221 g/mol. The van der Waals surface area contributed by atoms with Crippen molar-refractivity contribution in [3.8, 4) is 12.3 Å². The summed E-state index contributed by atoms with van der Waals surface area (Å²) in [5.74, 6) is 1.58. The average Bonchev–Trinajstić information content (AvgIpc) is 2.27. The van der Waals surface area contributed by atoms with Crippen LogP contribution in [0.2, 0.25) is 0 Å². The summed E-state index contributed by atoms with van der Waals surface area (Å²) in [6.45, 7) is 0.241. The van der Waals surface area contributed by atoms with Gasteiger partial charge in [0.2, 0.25) is 0 Å². The topological polar surface area (TPSA) is 95.3 Å². The second-order valence-corrected chi connectivity index (χ2v) is 3.05. The number of hydrogen-bond donors (Lipinski definition) is 3. The molecule has 0 aliphatic carbocycles. The van der Waals surface area contributed by atoms with Crippen LogP contribution in [0.3, 0.4) is 0 Å². The van der Waals surface area contributed by atoms with E-state index in [9.17, 15) is 9.90 Å². The predicted molar refractivity (Wildman–Crippen MR) is 56.9 cm³/mol. The molecule has 0 aromatic carbocycles. The molecule has 16 heavy (non-hydrogen) atoms. The highest BCUT2D eigenvalue weighted by Gasteiger charge is 2.06. The van der Waals surface area contributed by atoms with Crippen molar-refractivity contribution < 1.29 is 15.0 Å². The first-order valence-corrected chi connectivity index (χ1v) is 4.56. The number of carboxylic acids is 1. The number of carboxylic acid groups (broad SMARTS) is 1. The van der Waals surface area contributed by atoms with Gasteiger partial charge in [0.1, 0.15) is 5.82 Å². The van der Waals surface area contributed by atoms with Crippen LogP contribution in [0.15, 0.2) is 12.1 Å². The molecule has 0 saturated heterocycles. The smallest absolute Gasteiger partial charge is 0.356 e. The molecule has 6 nitrogen and oxygen atoms in total. The molecule has 0 spiro atoms. The molecule has 3 N–H and O–H groups in total. The molecule has 0 saturated carbocycles. The lowest BCUT2D eigenvalue weighted by Crippen LogP contribution is -2.19. The lowest BCUT2D eigenvalue weighted by atomic mass is 10.2. The standard InChI is InChI=1S/C10H11N3O3/c1-2-3-7(14)6-11-9-5-4-8(10(15)16)12-13-9/h1,4-5,7,14H,3,6H2,(H,11,13)(H,15,16). The van der Waals surface area contributed by atoms with Crippen LogP contribution in [0, 0.1) is 12.3 Å². The molecule has 84 valence electrons. The number of aliphatic hydroxyl groups excluding tert-OH is 1. The molecule has 1 rings (SSSR count). The van der Waals surface area contributed by atoms with Crippen LogP contribution in [0.1, 0.15) is 16.9 Å². The summed E-state index contributed by atoms with van der Waals surface area (Å²) in [5.41, 5.74) is -0.130. The van der Waals surface area contributed by atoms with Crippen LogP contribution in [0.25, 0.3) is 0 Å². The largest absolute Gasteiger partial charge is 0.476 e. The molecule has 0 fully saturated rings. The summed E-state index contributed by atoms with van der Waals surface area (Å²) >= 11 is 0. The van der Waals surface area contributed by atoms with Crippen LogP contribution in [-0.2, 0) is 0 Å². The number of aromatic nitrogens is 2. The summed E-state index contributed by atoms with van der Waals surface area (Å²) in [6, 6.07) is 2.80. The number of anilines is 1. The van der Waals surface area contributed by atoms with Gasteiger partial charge in [-0.05, 0) is 12.1 Å². The van der Waals surface area contributed by atoms with Crippen LogP contribution in [0.4, 0.5) is 5.82 Å². The quantitative estimate of drug-likeness (QED) is 0.604. The highest BCUT2D eigenvalue weighted by Crippen LogP contribution is 2.02. The molecule has 0 aliphatic heterocycles. The fraction of sp³-hybridized carbons (Fsp3) is 0.300. The Morgan fingerprint density at radius 2 is 2.31 bits per heavy atom. The van der Waals surface area contributed by atoms with E-state index in [4.69, 9.17) is 11.5 Å². The van der Waals surface area contributed by atoms with Crippen molar-refractivity contribution >= 4 is 11.8 Å². The third-order valence-electron chi connectivity index (χ3n) is 1.76. The zero-order valence-corrected chi connectivity index (χ0v) is 8.42. The maximum absolute atomic E-state index is 10.5. The second-order valence-electron chi connectivity index (χ2n) is 3.05. The van der Waals surface area contributed by atoms with Crippen molar-refractivity contribution in [1.29, 1.82) is 0 Å². The van der Waals surface area contributed by atoms with E-state index in [2.05, 4.69) is 21.4 Å². The molecule has 1 heterocycles. The highest BCUT2D eigenvalue weighted by atomic mass is 16.4. The van der Waals surface area contributed by atoms with Gasteiger partial charge in [-0.3, -0.25) is 0 Å². The van der Waals surface area contributed by atoms with Crippen LogP contribution < -0.4 is 5.32 Å². The summed E-state index contributed by atoms with van der Waals surface area (Å²) in [4.78, 5) is 10.5. The number of terminal acetylenes is 1. The van der Waals surface area contributed by atoms with E-state index in [1.54, 1.807) is 0 Å². The van der Waals surface area contributed by atoms with Gasteiger partial charge in [-0.2, -0.15) is 0 Å². The van der Waals surface area contributed by atoms with Crippen molar-refractivity contribution in [3.63, 3.8) is 0 Å². The van der Waals surface area contributed by atoms with Gasteiger partial charge in [0.05, 0.1) is 6.10 Å². The van der Waals surface area contributed by atoms with Gasteiger partial charge in [-0.1, -0.05) is 0 Å². The van der Waals surface area contributed by atoms with Gasteiger partial charge in [-0.15, -0.1) is 22.5 Å². The number of aliphatic hydroxyl groups is 1. The Labute approximate surface area is 92.3 Å². The Bertz CT molecular complexity index is 397. The van der Waals surface area contributed by atoms with Crippen LogP contribution >= 0.6 is 0 Å². The lowest BCUT2D eigenvalue weighted by Gasteiger charge is -2.08. The molecule has 1 aromatic rings. The van der Waals surface area contributed by atoms with E-state index in [0.29, 0.717) is 5.82 Å². The minimum Gasteiger partial charge on any atom is -0.476 e. The summed E-state index contributed by atoms with van der Waals surface area (Å²) in [5, 5.41) is 27.8. The Balaban J connectivity index is 2.50. The van der Waals surface area contributed by atoms with Crippen molar-refractivity contribution in [3.05, 3.63) is 17.8 Å². The fourth-order valence-electron chi connectivity index (χ4n) is 0.971. The van der Waals surface area contributed by atoms with Crippen molar-refractivity contribution in [1.82, 2.24) is 10.2 Å². The molecule has 0 amide bonds. The van der Waals surface area contributed by atoms with Crippen LogP contribution in [-0.4, -0.2) is 39.0 Å². The zero-order chi connectivity index (χ0) is 12.0. The number of hydrogen-bond acceptors (Lipinski definition) is 5. The molecule has 1 atom stereocenters. The maximum Gasteiger partial charge on any atom is 0.356 e. The molecule has 0 bridgehead atoms. The third-order valence-corrected chi connectivity index (χ3v) is 1.76. The molecule has 1 aromatic heterocycles. The van der Waals surface area contributed by atoms with Crippen LogP contribution in [0.5, 0.6) is 0 Å². The average molecular weight is 221 g/mol. The number of nitrogens with one attached hydrogen (secondary N) is 1. The summed E-state index contributed by atoms with van der Waals surface area (Å²) < 4.78 is 0. The second kappa shape index (κ2) is 5.68. The minimum atomic E-state index is -1.13. The van der Waals surface area contributed by atoms with Crippen molar-refractivity contribution in [2.75, 3.05) is 11.9 Å². The van der Waals surface area contributed by atoms with Gasteiger partial charge in [0, 0.05) is 13.0 Å². The Kier molecular flexibility index (Phi) is 4.24. The van der Waals surface area contributed by atoms with E-state index < -0.39 is 12.1 Å². The third kappa shape index (κ3) is 3.55. The van der Waals surface area contributed by atoms with Gasteiger partial charge in [0.25, 0.3) is 0 Å². The van der Waals surface area contributed by atoms with E-state index >= 15 is 0 Å². The van der Waals surface area contributed by atoms with E-state index in [0.717, 1.165) is 0 Å². The first-order valence-electron chi connectivity index (χ1n) is 4.56. The van der Waals surface area contributed by atoms with Gasteiger partial charge >= 0.3 is 5.97 Å². The van der Waals surface area contributed by atoms with Crippen molar-refractivity contribution in [2.45, 2.75) is 12.5 Å². The first-order chi connectivity index (χ1) is 7.63. The van der Waals surface area contributed by atoms with Gasteiger partial charge < -0.3 is 15.5 Å². The van der Waals surface area contributed by atoms with E-state index in [-0.39, 0.29) is 18.7 Å². The van der Waals surface area contributed by atoms with Gasteiger partial charge in [-0.25, -0.2) is 4.79 Å². The molecular formula is C10H11N3O3. The van der Waals surface area contributed by atoms with E-state index in [1.807, 2.05) is 0 Å². The van der Waals surface area contributed by atoms with Crippen molar-refractivity contribution in [2.24, 2.45) is 0 Å². The minimum absolute atomic E-state index is 0.130.